The minimum Gasteiger partial charge on any atom is -0.493 e. The number of nitrogens with zero attached hydrogens (tertiary/aromatic N) is 2. The summed E-state index contributed by atoms with van der Waals surface area (Å²) in [6.45, 7) is 0. The van der Waals surface area contributed by atoms with Gasteiger partial charge in [0.15, 0.2) is 11.5 Å². The van der Waals surface area contributed by atoms with E-state index in [9.17, 15) is 28.1 Å². The number of nitro benzene ring substituents is 1. The zero-order chi connectivity index (χ0) is 24.0. The van der Waals surface area contributed by atoms with Gasteiger partial charge in [-0.2, -0.15) is 18.3 Å². The number of alkyl halides is 3. The summed E-state index contributed by atoms with van der Waals surface area (Å²) in [5.74, 6) is -0.517. The second-order valence-electron chi connectivity index (χ2n) is 6.55. The van der Waals surface area contributed by atoms with E-state index in [1.54, 1.807) is 6.07 Å². The van der Waals surface area contributed by atoms with Crippen molar-refractivity contribution < 1.29 is 32.4 Å². The molecule has 0 aliphatic carbocycles. The van der Waals surface area contributed by atoms with E-state index in [0.717, 1.165) is 18.2 Å². The highest BCUT2D eigenvalue weighted by molar-refractivity contribution is 5.92. The number of hydrogen-bond donors (Lipinski definition) is 1. The predicted molar refractivity (Wildman–Crippen MR) is 114 cm³/mol. The number of ether oxygens (including phenoxy) is 2. The number of carbonyl (C=O) groups is 1. The third-order valence-electron chi connectivity index (χ3n) is 4.30. The molecular formula is C22H16F3N3O5. The molecule has 8 nitrogen and oxygen atoms in total. The van der Waals surface area contributed by atoms with Gasteiger partial charge in [-0.3, -0.25) is 15.5 Å². The Morgan fingerprint density at radius 3 is 2.42 bits per heavy atom. The molecule has 0 fully saturated rings. The molecule has 0 saturated carbocycles. The lowest BCUT2D eigenvalue weighted by atomic mass is 10.2. The number of hydrazone groups is 1. The van der Waals surface area contributed by atoms with Gasteiger partial charge in [-0.1, -0.05) is 6.07 Å². The first-order valence-electron chi connectivity index (χ1n) is 9.28. The van der Waals surface area contributed by atoms with Crippen LogP contribution in [-0.2, 0) is 6.18 Å². The summed E-state index contributed by atoms with van der Waals surface area (Å²) < 4.78 is 48.3. The predicted octanol–water partition coefficient (Wildman–Crippen LogP) is 5.29. The van der Waals surface area contributed by atoms with Gasteiger partial charge in [0.25, 0.3) is 5.69 Å². The zero-order valence-corrected chi connectivity index (χ0v) is 17.0. The van der Waals surface area contributed by atoms with Gasteiger partial charge < -0.3 is 9.47 Å². The first-order chi connectivity index (χ1) is 15.7. The number of halogens is 3. The Morgan fingerprint density at radius 1 is 1.06 bits per heavy atom. The smallest absolute Gasteiger partial charge is 0.416 e. The third kappa shape index (κ3) is 6.06. The fourth-order valence-electron chi connectivity index (χ4n) is 2.67. The Morgan fingerprint density at radius 2 is 1.79 bits per heavy atom. The summed E-state index contributed by atoms with van der Waals surface area (Å²) in [5.41, 5.74) is 2.50. The topological polar surface area (TPSA) is 103 Å². The first-order valence-corrected chi connectivity index (χ1v) is 9.28. The van der Waals surface area contributed by atoms with Gasteiger partial charge in [0.1, 0.15) is 0 Å². The van der Waals surface area contributed by atoms with E-state index in [4.69, 9.17) is 9.47 Å². The minimum absolute atomic E-state index is 0.00219. The molecule has 0 saturated heterocycles. The molecule has 0 aliphatic heterocycles. The van der Waals surface area contributed by atoms with Crippen molar-refractivity contribution >= 4 is 23.6 Å². The highest BCUT2D eigenvalue weighted by Gasteiger charge is 2.29. The van der Waals surface area contributed by atoms with Gasteiger partial charge in [-0.05, 0) is 54.1 Å². The van der Waals surface area contributed by atoms with Crippen LogP contribution in [0.3, 0.4) is 0 Å². The summed E-state index contributed by atoms with van der Waals surface area (Å²) in [6, 6.07) is 14.0. The molecule has 0 unspecified atom stereocenters. The number of anilines is 1. The number of nitro groups is 1. The molecule has 0 aliphatic rings. The molecule has 1 N–H and O–H groups in total. The van der Waals surface area contributed by atoms with Crippen molar-refractivity contribution in [3.63, 3.8) is 0 Å². The van der Waals surface area contributed by atoms with Crippen LogP contribution in [0.4, 0.5) is 24.5 Å². The van der Waals surface area contributed by atoms with Gasteiger partial charge in [-0.15, -0.1) is 0 Å². The molecule has 3 rings (SSSR count). The molecule has 3 aromatic carbocycles. The summed E-state index contributed by atoms with van der Waals surface area (Å²) in [7, 11) is 1.36. The second kappa shape index (κ2) is 9.81. The Kier molecular flexibility index (Phi) is 6.91. The van der Waals surface area contributed by atoms with Crippen molar-refractivity contribution in [3.8, 4) is 11.5 Å². The highest BCUT2D eigenvalue weighted by atomic mass is 19.4. The molecule has 33 heavy (non-hydrogen) atoms. The lowest BCUT2D eigenvalue weighted by Gasteiger charge is -2.10. The van der Waals surface area contributed by atoms with Crippen LogP contribution >= 0.6 is 0 Å². The van der Waals surface area contributed by atoms with Crippen LogP contribution in [-0.4, -0.2) is 24.2 Å². The number of non-ortho nitro benzene ring substituents is 1. The van der Waals surface area contributed by atoms with E-state index in [0.29, 0.717) is 11.3 Å². The molecular weight excluding hydrogens is 443 g/mol. The number of hydrogen-bond acceptors (Lipinski definition) is 7. The van der Waals surface area contributed by atoms with E-state index in [2.05, 4.69) is 10.5 Å². The van der Waals surface area contributed by atoms with E-state index in [1.807, 2.05) is 0 Å². The van der Waals surface area contributed by atoms with Crippen molar-refractivity contribution in [2.24, 2.45) is 5.10 Å². The molecule has 0 radical (unpaired) electrons. The van der Waals surface area contributed by atoms with E-state index < -0.39 is 22.6 Å². The fraction of sp³-hybridized carbons (Fsp3) is 0.0909. The van der Waals surface area contributed by atoms with Crippen molar-refractivity contribution in [1.29, 1.82) is 0 Å². The Labute approximate surface area is 185 Å². The monoisotopic (exact) mass is 459 g/mol. The summed E-state index contributed by atoms with van der Waals surface area (Å²) in [5, 5.41) is 14.8. The van der Waals surface area contributed by atoms with E-state index in [-0.39, 0.29) is 22.7 Å². The van der Waals surface area contributed by atoms with Crippen LogP contribution in [0.2, 0.25) is 0 Å². The maximum atomic E-state index is 12.6. The van der Waals surface area contributed by atoms with Gasteiger partial charge in [-0.25, -0.2) is 4.79 Å². The van der Waals surface area contributed by atoms with Gasteiger partial charge >= 0.3 is 12.1 Å². The standard InChI is InChI=1S/C22H16F3N3O5/c1-32-20-11-14(13-26-27-17-8-6-16(7-9-17)22(23,24)25)5-10-19(20)33-21(29)15-3-2-4-18(12-15)28(30)31/h2-13,27H,1H3. The van der Waals surface area contributed by atoms with Gasteiger partial charge in [0, 0.05) is 12.1 Å². The SMILES string of the molecule is COc1cc(C=NNc2ccc(C(F)(F)F)cc2)ccc1OC(=O)c1cccc([N+](=O)[O-])c1. The number of rotatable bonds is 7. The van der Waals surface area contributed by atoms with Crippen molar-refractivity contribution in [1.82, 2.24) is 0 Å². The van der Waals surface area contributed by atoms with Crippen molar-refractivity contribution in [3.05, 3.63) is 93.5 Å². The molecule has 170 valence electrons. The normalized spacial score (nSPS) is 11.3. The van der Waals surface area contributed by atoms with Gasteiger partial charge in [0.05, 0.1) is 35.1 Å². The van der Waals surface area contributed by atoms with Crippen LogP contribution in [0.5, 0.6) is 11.5 Å². The first kappa shape index (κ1) is 23.3. The lowest BCUT2D eigenvalue weighted by Crippen LogP contribution is -2.09. The Balaban J connectivity index is 1.68. The average Bonchev–Trinajstić information content (AvgIpc) is 2.79. The molecule has 0 spiro atoms. The second-order valence-corrected chi connectivity index (χ2v) is 6.55. The maximum absolute atomic E-state index is 12.6. The molecule has 0 aromatic heterocycles. The lowest BCUT2D eigenvalue weighted by molar-refractivity contribution is -0.384. The number of nitrogens with one attached hydrogen (secondary N) is 1. The van der Waals surface area contributed by atoms with Crippen LogP contribution in [0.1, 0.15) is 21.5 Å². The van der Waals surface area contributed by atoms with Gasteiger partial charge in [0.2, 0.25) is 0 Å². The molecule has 3 aromatic rings. The van der Waals surface area contributed by atoms with Crippen LogP contribution in [0, 0.1) is 10.1 Å². The van der Waals surface area contributed by atoms with E-state index >= 15 is 0 Å². The molecule has 0 atom stereocenters. The number of carbonyl (C=O) groups excluding carboxylic acids is 1. The largest absolute Gasteiger partial charge is 0.493 e. The number of methoxy groups -OCH3 is 1. The number of benzene rings is 3. The van der Waals surface area contributed by atoms with Crippen LogP contribution < -0.4 is 14.9 Å². The Hall–Kier alpha value is -4.41. The quantitative estimate of drug-likeness (QED) is 0.169. The zero-order valence-electron chi connectivity index (χ0n) is 17.0. The van der Waals surface area contributed by atoms with Crippen LogP contribution in [0.15, 0.2) is 71.8 Å². The minimum atomic E-state index is -4.42. The molecule has 0 heterocycles. The molecule has 0 bridgehead atoms. The summed E-state index contributed by atoms with van der Waals surface area (Å²) in [6.07, 6.45) is -3.02. The maximum Gasteiger partial charge on any atom is 0.416 e. The van der Waals surface area contributed by atoms with Crippen LogP contribution in [0.25, 0.3) is 0 Å². The third-order valence-corrected chi connectivity index (χ3v) is 4.30. The highest BCUT2D eigenvalue weighted by Crippen LogP contribution is 2.30. The average molecular weight is 459 g/mol. The fourth-order valence-corrected chi connectivity index (χ4v) is 2.67. The molecule has 0 amide bonds. The molecule has 11 heteroatoms. The number of esters is 1. The van der Waals surface area contributed by atoms with Crippen molar-refractivity contribution in [2.75, 3.05) is 12.5 Å². The van der Waals surface area contributed by atoms with Crippen molar-refractivity contribution in [2.45, 2.75) is 6.18 Å². The Bertz CT molecular complexity index is 1190. The van der Waals surface area contributed by atoms with E-state index in [1.165, 1.54) is 55.8 Å². The summed E-state index contributed by atoms with van der Waals surface area (Å²) >= 11 is 0. The summed E-state index contributed by atoms with van der Waals surface area (Å²) in [4.78, 5) is 22.6.